The highest BCUT2D eigenvalue weighted by molar-refractivity contribution is 5.97. The molecule has 3 amide bonds. The van der Waals surface area contributed by atoms with Gasteiger partial charge in [0.15, 0.2) is 23.2 Å². The number of likely N-dealkylation sites (N-methyl/N-ethyl adjacent to an activating group) is 2. The maximum absolute atomic E-state index is 13.8. The molecule has 0 spiro atoms. The molecule has 0 aliphatic carbocycles. The first-order chi connectivity index (χ1) is 18.3. The van der Waals surface area contributed by atoms with Gasteiger partial charge in [-0.1, -0.05) is 11.2 Å². The summed E-state index contributed by atoms with van der Waals surface area (Å²) in [6, 6.07) is 7.11. The molecule has 1 aromatic carbocycles. The molecule has 4 heterocycles. The van der Waals surface area contributed by atoms with E-state index in [9.17, 15) is 18.8 Å². The number of nitrogens with one attached hydrogen (secondary N) is 2. The number of methoxy groups -OCH3 is 1. The Morgan fingerprint density at radius 1 is 1.26 bits per heavy atom. The van der Waals surface area contributed by atoms with Crippen LogP contribution in [0.2, 0.25) is 0 Å². The molecule has 1 unspecified atom stereocenters. The summed E-state index contributed by atoms with van der Waals surface area (Å²) in [6.45, 7) is 0.637. The molecular weight excluding hydrogens is 501 g/mol. The van der Waals surface area contributed by atoms with E-state index in [4.69, 9.17) is 19.3 Å². The zero-order valence-electron chi connectivity index (χ0n) is 20.6. The number of aromatic nitrogens is 3. The third kappa shape index (κ3) is 5.09. The van der Waals surface area contributed by atoms with E-state index in [0.717, 1.165) is 5.56 Å². The van der Waals surface area contributed by atoms with E-state index < -0.39 is 17.8 Å². The molecule has 0 saturated heterocycles. The van der Waals surface area contributed by atoms with Crippen molar-refractivity contribution in [2.24, 2.45) is 0 Å². The molecule has 5 rings (SSSR count). The minimum Gasteiger partial charge on any atom is -0.494 e. The van der Waals surface area contributed by atoms with Crippen LogP contribution in [0.15, 0.2) is 39.2 Å². The Hall–Kier alpha value is -5.01. The highest BCUT2D eigenvalue weighted by Crippen LogP contribution is 2.28. The summed E-state index contributed by atoms with van der Waals surface area (Å²) in [7, 11) is 4.52. The van der Waals surface area contributed by atoms with Gasteiger partial charge < -0.3 is 34.8 Å². The molecule has 13 nitrogen and oxygen atoms in total. The van der Waals surface area contributed by atoms with Crippen LogP contribution >= 0.6 is 0 Å². The molecule has 0 saturated carbocycles. The van der Waals surface area contributed by atoms with Gasteiger partial charge >= 0.3 is 6.01 Å². The Morgan fingerprint density at radius 3 is 2.71 bits per heavy atom. The number of fused-ring (bicyclic) bond motifs is 2. The number of carbonyl (C=O) groups is 3. The molecule has 4 aromatic rings. The van der Waals surface area contributed by atoms with Crippen molar-refractivity contribution in [3.05, 3.63) is 53.0 Å². The summed E-state index contributed by atoms with van der Waals surface area (Å²) in [5.74, 6) is -0.695. The zero-order valence-corrected chi connectivity index (χ0v) is 20.6. The number of benzene rings is 1. The number of hydrogen-bond donors (Lipinski definition) is 3. The van der Waals surface area contributed by atoms with Crippen molar-refractivity contribution in [2.75, 3.05) is 33.5 Å². The Kier molecular flexibility index (Phi) is 7.50. The first-order valence-electron chi connectivity index (χ1n) is 11.3. The molecule has 198 valence electrons. The lowest BCUT2D eigenvalue weighted by molar-refractivity contribution is -0.125. The number of amides is 3. The van der Waals surface area contributed by atoms with Gasteiger partial charge in [0.1, 0.15) is 17.0 Å². The third-order valence-electron chi connectivity index (χ3n) is 5.77. The Morgan fingerprint density at radius 2 is 2.05 bits per heavy atom. The van der Waals surface area contributed by atoms with Gasteiger partial charge in [0, 0.05) is 26.7 Å². The second-order valence-electron chi connectivity index (χ2n) is 8.10. The zero-order chi connectivity index (χ0) is 27.4. The van der Waals surface area contributed by atoms with Crippen LogP contribution in [0.25, 0.3) is 22.7 Å². The van der Waals surface area contributed by atoms with Gasteiger partial charge in [-0.2, -0.15) is 0 Å². The molecule has 1 atom stereocenters. The summed E-state index contributed by atoms with van der Waals surface area (Å²) in [6.07, 6.45) is 1.12. The van der Waals surface area contributed by atoms with E-state index >= 15 is 0 Å². The van der Waals surface area contributed by atoms with Crippen molar-refractivity contribution in [1.29, 1.82) is 0 Å². The lowest BCUT2D eigenvalue weighted by Crippen LogP contribution is -2.35. The fourth-order valence-corrected chi connectivity index (χ4v) is 3.82. The molecule has 4 N–H and O–H groups in total. The summed E-state index contributed by atoms with van der Waals surface area (Å²) in [4.78, 5) is 40.1. The number of carbonyl (C=O) groups excluding carboxylic acids is 3. The van der Waals surface area contributed by atoms with Crippen molar-refractivity contribution in [1.82, 2.24) is 30.7 Å². The van der Waals surface area contributed by atoms with E-state index in [0.29, 0.717) is 36.2 Å². The molecule has 0 fully saturated rings. The smallest absolute Gasteiger partial charge is 0.313 e. The van der Waals surface area contributed by atoms with E-state index in [-0.39, 0.29) is 34.9 Å². The summed E-state index contributed by atoms with van der Waals surface area (Å²) in [5, 5.41) is 12.1. The first-order valence-corrected chi connectivity index (χ1v) is 11.3. The molecule has 0 radical (unpaired) electrons. The van der Waals surface area contributed by atoms with E-state index in [1.54, 1.807) is 37.4 Å². The van der Waals surface area contributed by atoms with E-state index in [2.05, 4.69) is 25.8 Å². The van der Waals surface area contributed by atoms with Gasteiger partial charge in [0.25, 0.3) is 11.8 Å². The number of ether oxygens (including phenoxy) is 1. The average molecular weight is 525 g/mol. The van der Waals surface area contributed by atoms with Crippen LogP contribution in [0, 0.1) is 5.82 Å². The van der Waals surface area contributed by atoms with Crippen LogP contribution in [-0.4, -0.2) is 66.1 Å². The van der Waals surface area contributed by atoms with E-state index in [1.165, 1.54) is 19.1 Å². The molecular formula is C24H24FN7O6. The second kappa shape index (κ2) is 10.9. The fraction of sp³-hybridized carbons (Fsp3) is 0.250. The molecule has 0 bridgehead atoms. The molecule has 1 aliphatic rings. The van der Waals surface area contributed by atoms with Crippen molar-refractivity contribution < 1.29 is 32.3 Å². The van der Waals surface area contributed by atoms with Crippen LogP contribution in [-0.2, 0) is 16.0 Å². The van der Waals surface area contributed by atoms with E-state index in [1.807, 2.05) is 0 Å². The maximum Gasteiger partial charge on any atom is 0.313 e. The van der Waals surface area contributed by atoms with Crippen molar-refractivity contribution in [2.45, 2.75) is 12.5 Å². The number of pyridine rings is 1. The van der Waals surface area contributed by atoms with Crippen LogP contribution in [0.1, 0.15) is 27.7 Å². The van der Waals surface area contributed by atoms with Gasteiger partial charge in [-0.3, -0.25) is 14.4 Å². The lowest BCUT2D eigenvalue weighted by Gasteiger charge is -2.25. The van der Waals surface area contributed by atoms with Crippen molar-refractivity contribution >= 4 is 35.3 Å². The van der Waals surface area contributed by atoms with Gasteiger partial charge in [0.05, 0.1) is 12.7 Å². The number of halogens is 1. The highest BCUT2D eigenvalue weighted by Gasteiger charge is 2.27. The topological polar surface area (TPSA) is 179 Å². The summed E-state index contributed by atoms with van der Waals surface area (Å²) in [5.41, 5.74) is 7.62. The number of hydrogen-bond acceptors (Lipinski definition) is 10. The largest absolute Gasteiger partial charge is 0.494 e. The summed E-state index contributed by atoms with van der Waals surface area (Å²) < 4.78 is 29.3. The highest BCUT2D eigenvalue weighted by atomic mass is 19.1. The van der Waals surface area contributed by atoms with Gasteiger partial charge in [0.2, 0.25) is 12.3 Å². The molecule has 38 heavy (non-hydrogen) atoms. The molecule has 3 aromatic heterocycles. The second-order valence-corrected chi connectivity index (χ2v) is 8.10. The standard InChI is InChI=1S/C13H12N6O4.C11H12FNO2/c1-15-11(21)10(16-5-20)9-4-7-8(22-9)3-2-6(17-7)12-18-19-13(14)23-12;1-13-6-5-7-3-4-8(15-2)10(12)9(7)11(13)14/h2-5,10H,1H3,(H2,14,19)(H,15,21)(H,16,20);3-4H,5-6H2,1-2H3. The van der Waals surface area contributed by atoms with Crippen LogP contribution < -0.4 is 21.1 Å². The van der Waals surface area contributed by atoms with Crippen molar-refractivity contribution in [3.63, 3.8) is 0 Å². The predicted molar refractivity (Wildman–Crippen MR) is 131 cm³/mol. The van der Waals surface area contributed by atoms with Crippen molar-refractivity contribution in [3.8, 4) is 17.3 Å². The number of furan rings is 1. The lowest BCUT2D eigenvalue weighted by atomic mass is 9.98. The monoisotopic (exact) mass is 525 g/mol. The minimum absolute atomic E-state index is 0.0651. The Bertz CT molecular complexity index is 1500. The van der Waals surface area contributed by atoms with Gasteiger partial charge in [-0.05, 0) is 30.2 Å². The number of rotatable bonds is 6. The predicted octanol–water partition coefficient (Wildman–Crippen LogP) is 1.46. The SMILES string of the molecule is CNC(=O)C(NC=O)c1cc2nc(-c3nnc(N)o3)ccc2o1.COc1ccc2c(c1F)C(=O)N(C)CC2. The third-order valence-corrected chi connectivity index (χ3v) is 5.77. The van der Waals surface area contributed by atoms with Crippen LogP contribution in [0.5, 0.6) is 5.75 Å². The minimum atomic E-state index is -0.950. The van der Waals surface area contributed by atoms with Crippen LogP contribution in [0.4, 0.5) is 10.4 Å². The summed E-state index contributed by atoms with van der Waals surface area (Å²) >= 11 is 0. The maximum atomic E-state index is 13.8. The normalized spacial score (nSPS) is 13.3. The number of nitrogen functional groups attached to an aromatic ring is 1. The number of anilines is 1. The first kappa shape index (κ1) is 26.1. The number of nitrogens with zero attached hydrogens (tertiary/aromatic N) is 4. The molecule has 1 aliphatic heterocycles. The molecule has 14 heteroatoms. The van der Waals surface area contributed by atoms with Crippen LogP contribution in [0.3, 0.4) is 0 Å². The fourth-order valence-electron chi connectivity index (χ4n) is 3.82. The van der Waals surface area contributed by atoms with Gasteiger partial charge in [-0.15, -0.1) is 5.10 Å². The quantitative estimate of drug-likeness (QED) is 0.312. The Balaban J connectivity index is 0.000000194. The Labute approximate surface area is 215 Å². The average Bonchev–Trinajstić information content (AvgIpc) is 3.55. The number of nitrogens with two attached hydrogens (primary N) is 1. The van der Waals surface area contributed by atoms with Gasteiger partial charge in [-0.25, -0.2) is 9.37 Å².